The standard InChI is InChI=1S/C9H11N3O2S/c1-12-9-7(5-10-12)3-4-8(11-9)6-15(2,13)14/h3-5H,6H2,1-2H3. The van der Waals surface area contributed by atoms with Gasteiger partial charge in [0.1, 0.15) is 0 Å². The molecule has 15 heavy (non-hydrogen) atoms. The smallest absolute Gasteiger partial charge is 0.157 e. The predicted molar refractivity (Wildman–Crippen MR) is 57.1 cm³/mol. The quantitative estimate of drug-likeness (QED) is 0.747. The summed E-state index contributed by atoms with van der Waals surface area (Å²) >= 11 is 0. The summed E-state index contributed by atoms with van der Waals surface area (Å²) in [4.78, 5) is 4.24. The van der Waals surface area contributed by atoms with E-state index in [4.69, 9.17) is 0 Å². The van der Waals surface area contributed by atoms with Crippen LogP contribution in [0.5, 0.6) is 0 Å². The van der Waals surface area contributed by atoms with Gasteiger partial charge in [-0.15, -0.1) is 0 Å². The molecular weight excluding hydrogens is 214 g/mol. The Morgan fingerprint density at radius 1 is 1.40 bits per heavy atom. The fraction of sp³-hybridized carbons (Fsp3) is 0.333. The van der Waals surface area contributed by atoms with Gasteiger partial charge in [-0.05, 0) is 12.1 Å². The molecular formula is C9H11N3O2S. The second-order valence-corrected chi connectivity index (χ2v) is 5.69. The minimum Gasteiger partial charge on any atom is -0.250 e. The van der Waals surface area contributed by atoms with E-state index < -0.39 is 9.84 Å². The zero-order valence-electron chi connectivity index (χ0n) is 8.51. The third-order valence-electron chi connectivity index (χ3n) is 2.05. The van der Waals surface area contributed by atoms with Crippen molar-refractivity contribution in [3.05, 3.63) is 24.0 Å². The number of hydrogen-bond acceptors (Lipinski definition) is 4. The molecule has 0 N–H and O–H groups in total. The summed E-state index contributed by atoms with van der Waals surface area (Å²) in [5.74, 6) is -0.0336. The van der Waals surface area contributed by atoms with Crippen LogP contribution in [0.15, 0.2) is 18.3 Å². The monoisotopic (exact) mass is 225 g/mol. The summed E-state index contributed by atoms with van der Waals surface area (Å²) in [6.07, 6.45) is 2.90. The lowest BCUT2D eigenvalue weighted by Gasteiger charge is -1.99. The summed E-state index contributed by atoms with van der Waals surface area (Å²) in [6, 6.07) is 3.54. The number of pyridine rings is 1. The van der Waals surface area contributed by atoms with E-state index in [9.17, 15) is 8.42 Å². The van der Waals surface area contributed by atoms with Crippen LogP contribution in [0.2, 0.25) is 0 Å². The van der Waals surface area contributed by atoms with Crippen LogP contribution in [-0.2, 0) is 22.6 Å². The lowest BCUT2D eigenvalue weighted by molar-refractivity contribution is 0.600. The zero-order chi connectivity index (χ0) is 11.1. The average Bonchev–Trinajstić information content (AvgIpc) is 2.45. The van der Waals surface area contributed by atoms with E-state index in [-0.39, 0.29) is 5.75 Å². The lowest BCUT2D eigenvalue weighted by atomic mass is 10.3. The Morgan fingerprint density at radius 3 is 2.80 bits per heavy atom. The molecule has 0 saturated heterocycles. The van der Waals surface area contributed by atoms with Gasteiger partial charge in [-0.25, -0.2) is 13.4 Å². The first-order valence-electron chi connectivity index (χ1n) is 4.41. The van der Waals surface area contributed by atoms with E-state index in [2.05, 4.69) is 10.1 Å². The molecule has 0 amide bonds. The molecule has 0 bridgehead atoms. The molecule has 0 aliphatic carbocycles. The van der Waals surface area contributed by atoms with E-state index in [1.807, 2.05) is 6.07 Å². The topological polar surface area (TPSA) is 64.8 Å². The number of aromatic nitrogens is 3. The van der Waals surface area contributed by atoms with Crippen LogP contribution in [-0.4, -0.2) is 29.4 Å². The second-order valence-electron chi connectivity index (χ2n) is 3.55. The molecule has 80 valence electrons. The number of rotatable bonds is 2. The SMILES string of the molecule is Cn1ncc2ccc(CS(C)(=O)=O)nc21. The molecule has 0 aromatic carbocycles. The number of aryl methyl sites for hydroxylation is 1. The Bertz CT molecular complexity index is 601. The Kier molecular flexibility index (Phi) is 2.22. The van der Waals surface area contributed by atoms with Gasteiger partial charge in [0.15, 0.2) is 15.5 Å². The van der Waals surface area contributed by atoms with Crippen molar-refractivity contribution in [1.82, 2.24) is 14.8 Å². The Balaban J connectivity index is 2.51. The molecule has 0 fully saturated rings. The maximum absolute atomic E-state index is 11.1. The number of nitrogens with zero attached hydrogens (tertiary/aromatic N) is 3. The molecule has 0 aliphatic rings. The predicted octanol–water partition coefficient (Wildman–Crippen LogP) is 0.513. The molecule has 0 unspecified atom stereocenters. The van der Waals surface area contributed by atoms with Crippen molar-refractivity contribution in [1.29, 1.82) is 0 Å². The first-order valence-corrected chi connectivity index (χ1v) is 6.47. The fourth-order valence-corrected chi connectivity index (χ4v) is 2.11. The number of fused-ring (bicyclic) bond motifs is 1. The molecule has 2 aromatic rings. The molecule has 0 atom stereocenters. The highest BCUT2D eigenvalue weighted by Crippen LogP contribution is 2.12. The van der Waals surface area contributed by atoms with Crippen LogP contribution in [0.3, 0.4) is 0 Å². The molecule has 0 saturated carbocycles. The van der Waals surface area contributed by atoms with Crippen molar-refractivity contribution in [3.63, 3.8) is 0 Å². The van der Waals surface area contributed by atoms with Crippen LogP contribution < -0.4 is 0 Å². The summed E-state index contributed by atoms with van der Waals surface area (Å²) in [5, 5.41) is 4.95. The summed E-state index contributed by atoms with van der Waals surface area (Å²) in [7, 11) is -1.26. The molecule has 0 spiro atoms. The van der Waals surface area contributed by atoms with Crippen LogP contribution in [0.4, 0.5) is 0 Å². The van der Waals surface area contributed by atoms with Gasteiger partial charge < -0.3 is 0 Å². The molecule has 0 radical (unpaired) electrons. The van der Waals surface area contributed by atoms with Crippen molar-refractivity contribution in [2.75, 3.05) is 6.26 Å². The maximum atomic E-state index is 11.1. The fourth-order valence-electron chi connectivity index (χ4n) is 1.41. The number of hydrogen-bond donors (Lipinski definition) is 0. The van der Waals surface area contributed by atoms with Crippen molar-refractivity contribution in [2.45, 2.75) is 5.75 Å². The van der Waals surface area contributed by atoms with Gasteiger partial charge in [-0.3, -0.25) is 4.68 Å². The third-order valence-corrected chi connectivity index (χ3v) is 2.87. The van der Waals surface area contributed by atoms with Gasteiger partial charge in [-0.2, -0.15) is 5.10 Å². The average molecular weight is 225 g/mol. The minimum atomic E-state index is -3.03. The first-order chi connectivity index (χ1) is 6.96. The van der Waals surface area contributed by atoms with E-state index in [0.29, 0.717) is 11.3 Å². The Hall–Kier alpha value is -1.43. The van der Waals surface area contributed by atoms with Gasteiger partial charge in [0.2, 0.25) is 0 Å². The third kappa shape index (κ3) is 2.15. The van der Waals surface area contributed by atoms with Gasteiger partial charge in [0.05, 0.1) is 17.6 Å². The molecule has 6 heteroatoms. The van der Waals surface area contributed by atoms with E-state index in [1.165, 1.54) is 6.26 Å². The van der Waals surface area contributed by atoms with E-state index in [1.54, 1.807) is 24.0 Å². The van der Waals surface area contributed by atoms with Crippen LogP contribution in [0.25, 0.3) is 11.0 Å². The van der Waals surface area contributed by atoms with Crippen molar-refractivity contribution in [2.24, 2.45) is 7.05 Å². The second kappa shape index (κ2) is 3.30. The van der Waals surface area contributed by atoms with Gasteiger partial charge in [0, 0.05) is 18.7 Å². The Labute approximate surface area is 87.7 Å². The highest BCUT2D eigenvalue weighted by molar-refractivity contribution is 7.89. The van der Waals surface area contributed by atoms with Crippen molar-refractivity contribution < 1.29 is 8.42 Å². The molecule has 5 nitrogen and oxygen atoms in total. The van der Waals surface area contributed by atoms with Gasteiger partial charge in [-0.1, -0.05) is 0 Å². The first kappa shape index (κ1) is 10.1. The molecule has 0 aliphatic heterocycles. The highest BCUT2D eigenvalue weighted by atomic mass is 32.2. The highest BCUT2D eigenvalue weighted by Gasteiger charge is 2.08. The molecule has 2 rings (SSSR count). The van der Waals surface area contributed by atoms with E-state index in [0.717, 1.165) is 5.39 Å². The van der Waals surface area contributed by atoms with Crippen LogP contribution in [0.1, 0.15) is 5.69 Å². The lowest BCUT2D eigenvalue weighted by Crippen LogP contribution is -2.03. The zero-order valence-corrected chi connectivity index (χ0v) is 9.32. The summed E-state index contributed by atoms with van der Waals surface area (Å²) in [6.45, 7) is 0. The summed E-state index contributed by atoms with van der Waals surface area (Å²) < 4.78 is 23.8. The normalized spacial score (nSPS) is 12.1. The van der Waals surface area contributed by atoms with Gasteiger partial charge in [0.25, 0.3) is 0 Å². The van der Waals surface area contributed by atoms with Crippen LogP contribution >= 0.6 is 0 Å². The van der Waals surface area contributed by atoms with Gasteiger partial charge >= 0.3 is 0 Å². The minimum absolute atomic E-state index is 0.0336. The summed E-state index contributed by atoms with van der Waals surface area (Å²) in [5.41, 5.74) is 1.25. The van der Waals surface area contributed by atoms with Crippen LogP contribution in [0, 0.1) is 0 Å². The maximum Gasteiger partial charge on any atom is 0.157 e. The Morgan fingerprint density at radius 2 is 2.13 bits per heavy atom. The van der Waals surface area contributed by atoms with Crippen molar-refractivity contribution in [3.8, 4) is 0 Å². The van der Waals surface area contributed by atoms with Crippen molar-refractivity contribution >= 4 is 20.9 Å². The molecule has 2 aromatic heterocycles. The van der Waals surface area contributed by atoms with E-state index >= 15 is 0 Å². The number of sulfone groups is 1. The largest absolute Gasteiger partial charge is 0.250 e. The molecule has 2 heterocycles.